The first-order valence-electron chi connectivity index (χ1n) is 12.2. The van der Waals surface area contributed by atoms with Crippen LogP contribution in [0.2, 0.25) is 0 Å². The van der Waals surface area contributed by atoms with Gasteiger partial charge < -0.3 is 20.0 Å². The van der Waals surface area contributed by atoms with E-state index >= 15 is 0 Å². The molecule has 0 bridgehead atoms. The van der Waals surface area contributed by atoms with Crippen molar-refractivity contribution in [3.8, 4) is 0 Å². The predicted molar refractivity (Wildman–Crippen MR) is 133 cm³/mol. The zero-order chi connectivity index (χ0) is 26.0. The van der Waals surface area contributed by atoms with Crippen LogP contribution in [-0.4, -0.2) is 70.2 Å². The van der Waals surface area contributed by atoms with Crippen molar-refractivity contribution < 1.29 is 23.6 Å². The van der Waals surface area contributed by atoms with Crippen LogP contribution in [0.3, 0.4) is 0 Å². The van der Waals surface area contributed by atoms with Crippen molar-refractivity contribution in [2.75, 3.05) is 25.0 Å². The number of halogens is 1. The fourth-order valence-corrected chi connectivity index (χ4v) is 4.92. The maximum absolute atomic E-state index is 13.6. The van der Waals surface area contributed by atoms with Crippen molar-refractivity contribution >= 4 is 29.3 Å². The lowest BCUT2D eigenvalue weighted by molar-refractivity contribution is -0.169. The second-order valence-electron chi connectivity index (χ2n) is 9.64. The molecular formula is C27H31FN4O4. The Labute approximate surface area is 210 Å². The summed E-state index contributed by atoms with van der Waals surface area (Å²) in [4.78, 5) is 56.0. The summed E-state index contributed by atoms with van der Waals surface area (Å²) < 4.78 is 13.6. The number of rotatable bonds is 6. The van der Waals surface area contributed by atoms with Gasteiger partial charge in [0.1, 0.15) is 18.0 Å². The molecule has 190 valence electrons. The molecule has 9 heteroatoms. The quantitative estimate of drug-likeness (QED) is 0.622. The number of carbonyl (C=O) groups excluding carboxylic acids is 4. The van der Waals surface area contributed by atoms with Gasteiger partial charge >= 0.3 is 6.03 Å². The Bertz CT molecular complexity index is 1170. The molecule has 0 radical (unpaired) electrons. The van der Waals surface area contributed by atoms with E-state index in [0.717, 1.165) is 5.56 Å². The molecule has 0 spiro atoms. The topological polar surface area (TPSA) is 90.0 Å². The highest BCUT2D eigenvalue weighted by atomic mass is 19.1. The minimum Gasteiger partial charge on any atom is -0.337 e. The number of nitrogens with zero attached hydrogens (tertiary/aromatic N) is 3. The van der Waals surface area contributed by atoms with Crippen LogP contribution in [0.5, 0.6) is 0 Å². The third-order valence-electron chi connectivity index (χ3n) is 6.78. The van der Waals surface area contributed by atoms with Gasteiger partial charge in [-0.1, -0.05) is 26.0 Å². The van der Waals surface area contributed by atoms with Crippen LogP contribution in [0.25, 0.3) is 0 Å². The zero-order valence-electron chi connectivity index (χ0n) is 20.7. The summed E-state index contributed by atoms with van der Waals surface area (Å²) in [6, 6.07) is 11.8. The molecule has 0 aromatic heterocycles. The van der Waals surface area contributed by atoms with E-state index < -0.39 is 12.2 Å². The van der Waals surface area contributed by atoms with Gasteiger partial charge in [-0.2, -0.15) is 0 Å². The van der Waals surface area contributed by atoms with E-state index in [1.165, 1.54) is 19.1 Å². The number of piperazine rings is 1. The second-order valence-corrected chi connectivity index (χ2v) is 9.64. The van der Waals surface area contributed by atoms with Crippen molar-refractivity contribution in [1.29, 1.82) is 0 Å². The fraction of sp³-hybridized carbons (Fsp3) is 0.407. The monoisotopic (exact) mass is 494 g/mol. The van der Waals surface area contributed by atoms with Crippen LogP contribution in [0, 0.1) is 11.7 Å². The first kappa shape index (κ1) is 25.3. The number of hydrogen-bond donors (Lipinski definition) is 1. The maximum Gasteiger partial charge on any atom is 0.323 e. The van der Waals surface area contributed by atoms with E-state index in [1.807, 2.05) is 19.9 Å². The van der Waals surface area contributed by atoms with E-state index in [2.05, 4.69) is 5.32 Å². The Morgan fingerprint density at radius 3 is 2.47 bits per heavy atom. The number of Topliss-reactive ketones (excluding diaryl/α,β-unsaturated/α-hetero) is 1. The summed E-state index contributed by atoms with van der Waals surface area (Å²) in [6.45, 7) is 6.01. The van der Waals surface area contributed by atoms with Crippen molar-refractivity contribution in [1.82, 2.24) is 14.7 Å². The minimum atomic E-state index is -0.686. The average Bonchev–Trinajstić information content (AvgIpc) is 2.83. The Morgan fingerprint density at radius 1 is 1.11 bits per heavy atom. The molecule has 0 aliphatic carbocycles. The molecule has 2 saturated heterocycles. The summed E-state index contributed by atoms with van der Waals surface area (Å²) in [5.41, 5.74) is 1.85. The van der Waals surface area contributed by atoms with Gasteiger partial charge in [-0.15, -0.1) is 0 Å². The number of benzene rings is 2. The van der Waals surface area contributed by atoms with Crippen LogP contribution in [0.15, 0.2) is 48.5 Å². The lowest BCUT2D eigenvalue weighted by Crippen LogP contribution is -2.72. The Hall–Kier alpha value is -3.75. The predicted octanol–water partition coefficient (Wildman–Crippen LogP) is 3.53. The highest BCUT2D eigenvalue weighted by Crippen LogP contribution is 2.30. The summed E-state index contributed by atoms with van der Waals surface area (Å²) in [5.74, 6) is -0.855. The first-order chi connectivity index (χ1) is 17.2. The summed E-state index contributed by atoms with van der Waals surface area (Å²) in [7, 11) is 0. The molecular weight excluding hydrogens is 463 g/mol. The molecule has 4 amide bonds. The molecule has 0 unspecified atom stereocenters. The number of hydrogen-bond acceptors (Lipinski definition) is 4. The molecule has 2 heterocycles. The number of nitrogens with one attached hydrogen (secondary N) is 1. The van der Waals surface area contributed by atoms with E-state index in [1.54, 1.807) is 45.0 Å². The van der Waals surface area contributed by atoms with Crippen molar-refractivity contribution in [2.24, 2.45) is 5.92 Å². The molecule has 2 aliphatic heterocycles. The van der Waals surface area contributed by atoms with Gasteiger partial charge in [0.15, 0.2) is 5.78 Å². The van der Waals surface area contributed by atoms with E-state index in [9.17, 15) is 23.6 Å². The summed E-state index contributed by atoms with van der Waals surface area (Å²) in [6.07, 6.45) is -0.0169. The molecule has 2 aromatic carbocycles. The molecule has 2 aliphatic rings. The lowest BCUT2D eigenvalue weighted by atomic mass is 9.94. The average molecular weight is 495 g/mol. The number of ketones is 1. The van der Waals surface area contributed by atoms with Gasteiger partial charge in [-0.05, 0) is 61.2 Å². The highest BCUT2D eigenvalue weighted by Gasteiger charge is 2.49. The van der Waals surface area contributed by atoms with E-state index in [-0.39, 0.29) is 54.9 Å². The molecule has 2 fully saturated rings. The van der Waals surface area contributed by atoms with Crippen LogP contribution in [-0.2, 0) is 16.0 Å². The van der Waals surface area contributed by atoms with Crippen LogP contribution >= 0.6 is 0 Å². The SMILES string of the molecule is CC(=O)c1ccc(NC(=O)N2CCC(=O)N3[C@@H](C(C)C)C(=O)N(CCc4cccc(F)c4)C[C@H]23)cc1. The molecule has 4 rings (SSSR count). The molecule has 36 heavy (non-hydrogen) atoms. The van der Waals surface area contributed by atoms with E-state index in [0.29, 0.717) is 24.2 Å². The van der Waals surface area contributed by atoms with Gasteiger partial charge in [0.25, 0.3) is 0 Å². The Balaban J connectivity index is 1.55. The second kappa shape index (κ2) is 10.5. The van der Waals surface area contributed by atoms with Gasteiger partial charge in [-0.3, -0.25) is 14.4 Å². The largest absolute Gasteiger partial charge is 0.337 e. The van der Waals surface area contributed by atoms with Crippen LogP contribution in [0.4, 0.5) is 14.9 Å². The summed E-state index contributed by atoms with van der Waals surface area (Å²) >= 11 is 0. The zero-order valence-corrected chi connectivity index (χ0v) is 20.7. The van der Waals surface area contributed by atoms with E-state index in [4.69, 9.17) is 0 Å². The van der Waals surface area contributed by atoms with Crippen molar-refractivity contribution in [3.05, 3.63) is 65.5 Å². The Kier molecular flexibility index (Phi) is 7.37. The number of anilines is 1. The maximum atomic E-state index is 13.6. The third-order valence-corrected chi connectivity index (χ3v) is 6.78. The van der Waals surface area contributed by atoms with Crippen molar-refractivity contribution in [2.45, 2.75) is 45.8 Å². The van der Waals surface area contributed by atoms with Crippen LogP contribution in [0.1, 0.15) is 43.1 Å². The number of urea groups is 1. The Morgan fingerprint density at radius 2 is 1.83 bits per heavy atom. The first-order valence-corrected chi connectivity index (χ1v) is 12.2. The number of fused-ring (bicyclic) bond motifs is 1. The summed E-state index contributed by atoms with van der Waals surface area (Å²) in [5, 5.41) is 2.85. The van der Waals surface area contributed by atoms with Gasteiger partial charge in [0.2, 0.25) is 11.8 Å². The van der Waals surface area contributed by atoms with Gasteiger partial charge in [0, 0.05) is 30.8 Å². The fourth-order valence-electron chi connectivity index (χ4n) is 4.92. The molecule has 8 nitrogen and oxygen atoms in total. The third kappa shape index (κ3) is 5.24. The molecule has 2 aromatic rings. The molecule has 0 saturated carbocycles. The van der Waals surface area contributed by atoms with Gasteiger partial charge in [0.05, 0.1) is 6.54 Å². The van der Waals surface area contributed by atoms with Gasteiger partial charge in [-0.25, -0.2) is 9.18 Å². The molecule has 1 N–H and O–H groups in total. The normalized spacial score (nSPS) is 20.0. The molecule has 2 atom stereocenters. The highest BCUT2D eigenvalue weighted by molar-refractivity contribution is 5.96. The number of carbonyl (C=O) groups is 4. The standard InChI is InChI=1S/C27H31FN4O4/c1-17(2)25-26(35)30(13-11-19-5-4-6-21(28)15-19)16-23-31(14-12-24(34)32(23)25)27(36)29-22-9-7-20(8-10-22)18(3)33/h4-10,15,17,23,25H,11-14,16H2,1-3H3,(H,29,36)/t23-,25+/m1/s1. The lowest BCUT2D eigenvalue weighted by Gasteiger charge is -2.53. The van der Waals surface area contributed by atoms with Crippen LogP contribution < -0.4 is 5.32 Å². The minimum absolute atomic E-state index is 0.0667. The smallest absolute Gasteiger partial charge is 0.323 e. The van der Waals surface area contributed by atoms with Crippen molar-refractivity contribution in [3.63, 3.8) is 0 Å². The number of amides is 4.